The molecule has 0 unspecified atom stereocenters. The predicted octanol–water partition coefficient (Wildman–Crippen LogP) is 7.26. The van der Waals surface area contributed by atoms with Crippen molar-refractivity contribution in [3.05, 3.63) is 125 Å². The number of hydrogen-bond donors (Lipinski definition) is 2. The molecule has 0 spiro atoms. The fraction of sp³-hybridized carbons (Fsp3) is 0.250. The Balaban J connectivity index is 1.24. The summed E-state index contributed by atoms with van der Waals surface area (Å²) in [5.41, 5.74) is 0.226. The van der Waals surface area contributed by atoms with E-state index in [0.29, 0.717) is 5.69 Å². The standard InChI is InChI=1S/C40H28Cl2F5N3O6/c41-39-18-25-22(14-15-24-27(25)36(53)49(35(24)52)21-12-10-20(11-13-21)48-19-6-2-1-3-7-19)28(23-8-4-5-9-26(23)56-17-16-51)40(39,42)38(55)50(37(39)54)34-32(46)30(44)29(43)31(45)33(34)47/h1-14,24-25,27-28,48,51H,15-18H2/t24-,25+,27-,28+,39+,40-/m0/s1. The summed E-state index contributed by atoms with van der Waals surface area (Å²) in [7, 11) is 0. The Morgan fingerprint density at radius 3 is 2.00 bits per heavy atom. The molecule has 288 valence electrons. The normalized spacial score (nSPS) is 26.9. The molecule has 2 aliphatic heterocycles. The van der Waals surface area contributed by atoms with Crippen LogP contribution >= 0.6 is 23.2 Å². The highest BCUT2D eigenvalue weighted by Gasteiger charge is 2.77. The van der Waals surface area contributed by atoms with Crippen LogP contribution in [0.2, 0.25) is 0 Å². The second-order valence-electron chi connectivity index (χ2n) is 13.9. The van der Waals surface area contributed by atoms with E-state index in [-0.39, 0.29) is 40.5 Å². The Bertz CT molecular complexity index is 2340. The van der Waals surface area contributed by atoms with Crippen molar-refractivity contribution < 1.29 is 51.0 Å². The average Bonchev–Trinajstić information content (AvgIpc) is 3.54. The number of ether oxygens (including phenoxy) is 1. The van der Waals surface area contributed by atoms with Crippen molar-refractivity contribution in [2.45, 2.75) is 28.5 Å². The first-order valence-corrected chi connectivity index (χ1v) is 18.1. The number of nitrogens with zero attached hydrogens (tertiary/aromatic N) is 2. The molecular weight excluding hydrogens is 784 g/mol. The smallest absolute Gasteiger partial charge is 0.258 e. The monoisotopic (exact) mass is 811 g/mol. The van der Waals surface area contributed by atoms with E-state index >= 15 is 8.78 Å². The molecule has 56 heavy (non-hydrogen) atoms. The highest BCUT2D eigenvalue weighted by atomic mass is 35.5. The summed E-state index contributed by atoms with van der Waals surface area (Å²) in [6.07, 6.45) is 0.915. The predicted molar refractivity (Wildman–Crippen MR) is 194 cm³/mol. The van der Waals surface area contributed by atoms with Gasteiger partial charge in [-0.05, 0) is 61.2 Å². The molecule has 6 atom stereocenters. The molecule has 4 aromatic rings. The number of aliphatic hydroxyl groups excluding tert-OH is 1. The van der Waals surface area contributed by atoms with Crippen LogP contribution in [0, 0.1) is 46.8 Å². The van der Waals surface area contributed by atoms with Crippen LogP contribution in [-0.4, -0.2) is 51.7 Å². The van der Waals surface area contributed by atoms with Crippen molar-refractivity contribution >= 4 is 69.6 Å². The van der Waals surface area contributed by atoms with Crippen molar-refractivity contribution in [2.75, 3.05) is 28.3 Å². The van der Waals surface area contributed by atoms with E-state index in [1.807, 2.05) is 30.3 Å². The van der Waals surface area contributed by atoms with Crippen LogP contribution in [0.3, 0.4) is 0 Å². The first-order chi connectivity index (χ1) is 26.8. The van der Waals surface area contributed by atoms with Gasteiger partial charge in [-0.1, -0.05) is 48.0 Å². The minimum absolute atomic E-state index is 0.0346. The molecule has 2 heterocycles. The number of amides is 4. The van der Waals surface area contributed by atoms with E-state index in [2.05, 4.69) is 5.32 Å². The summed E-state index contributed by atoms with van der Waals surface area (Å²) in [6, 6.07) is 21.8. The number of fused-ring (bicyclic) bond motifs is 4. The molecule has 0 bridgehead atoms. The number of halogens is 7. The minimum atomic E-state index is -2.72. The summed E-state index contributed by atoms with van der Waals surface area (Å²) >= 11 is 14.5. The Hall–Kier alpha value is -5.31. The second-order valence-corrected chi connectivity index (χ2v) is 15.1. The largest absolute Gasteiger partial charge is 0.491 e. The van der Waals surface area contributed by atoms with Gasteiger partial charge in [-0.3, -0.25) is 24.1 Å². The number of hydrogen-bond acceptors (Lipinski definition) is 7. The molecule has 3 fully saturated rings. The molecule has 1 saturated carbocycles. The van der Waals surface area contributed by atoms with Gasteiger partial charge in [0.05, 0.1) is 24.1 Å². The third-order valence-corrected chi connectivity index (χ3v) is 12.4. The van der Waals surface area contributed by atoms with Gasteiger partial charge in [0.1, 0.15) is 18.0 Å². The van der Waals surface area contributed by atoms with Crippen molar-refractivity contribution in [3.63, 3.8) is 0 Å². The van der Waals surface area contributed by atoms with Crippen LogP contribution in [0.1, 0.15) is 24.3 Å². The third kappa shape index (κ3) is 5.29. The molecule has 16 heteroatoms. The molecule has 0 radical (unpaired) electrons. The van der Waals surface area contributed by atoms with Crippen LogP contribution < -0.4 is 19.9 Å². The molecule has 4 aromatic carbocycles. The number of anilines is 4. The Morgan fingerprint density at radius 1 is 0.732 bits per heavy atom. The fourth-order valence-corrected chi connectivity index (χ4v) is 9.48. The van der Waals surface area contributed by atoms with Gasteiger partial charge in [-0.15, -0.1) is 23.2 Å². The zero-order chi connectivity index (χ0) is 39.8. The minimum Gasteiger partial charge on any atom is -0.491 e. The van der Waals surface area contributed by atoms with Crippen LogP contribution in [0.15, 0.2) is 90.5 Å². The number of alkyl halides is 2. The number of carbonyl (C=O) groups is 4. The fourth-order valence-electron chi connectivity index (χ4n) is 8.55. The number of imide groups is 2. The Labute approximate surface area is 325 Å². The van der Waals surface area contributed by atoms with Crippen LogP contribution in [-0.2, 0) is 19.2 Å². The molecule has 2 aliphatic carbocycles. The summed E-state index contributed by atoms with van der Waals surface area (Å²) in [5.74, 6) is -21.4. The van der Waals surface area contributed by atoms with E-state index in [4.69, 9.17) is 27.9 Å². The maximum Gasteiger partial charge on any atom is 0.258 e. The molecule has 9 nitrogen and oxygen atoms in total. The van der Waals surface area contributed by atoms with Gasteiger partial charge >= 0.3 is 0 Å². The van der Waals surface area contributed by atoms with E-state index in [9.17, 15) is 37.5 Å². The number of aliphatic hydroxyl groups is 1. The lowest BCUT2D eigenvalue weighted by Crippen LogP contribution is -2.60. The van der Waals surface area contributed by atoms with Gasteiger partial charge < -0.3 is 15.2 Å². The number of benzene rings is 4. The summed E-state index contributed by atoms with van der Waals surface area (Å²) < 4.78 is 79.7. The van der Waals surface area contributed by atoms with Gasteiger partial charge in [-0.2, -0.15) is 0 Å². The summed E-state index contributed by atoms with van der Waals surface area (Å²) in [4.78, 5) is 53.0. The Morgan fingerprint density at radius 2 is 1.34 bits per heavy atom. The van der Waals surface area contributed by atoms with Gasteiger partial charge in [0, 0.05) is 22.9 Å². The molecule has 4 amide bonds. The summed E-state index contributed by atoms with van der Waals surface area (Å²) in [6.45, 7) is -0.690. The van der Waals surface area contributed by atoms with E-state index in [1.165, 1.54) is 18.2 Å². The summed E-state index contributed by atoms with van der Waals surface area (Å²) in [5, 5.41) is 12.8. The maximum atomic E-state index is 15.4. The quantitative estimate of drug-likeness (QED) is 0.0481. The van der Waals surface area contributed by atoms with Crippen molar-refractivity contribution in [2.24, 2.45) is 17.8 Å². The lowest BCUT2D eigenvalue weighted by atomic mass is 9.56. The molecular formula is C40H28Cl2F5N3O6. The third-order valence-electron chi connectivity index (χ3n) is 11.0. The molecule has 0 aromatic heterocycles. The van der Waals surface area contributed by atoms with Gasteiger partial charge in [-0.25, -0.2) is 26.9 Å². The number of rotatable bonds is 8. The van der Waals surface area contributed by atoms with Crippen LogP contribution in [0.25, 0.3) is 0 Å². The van der Waals surface area contributed by atoms with Crippen molar-refractivity contribution in [1.29, 1.82) is 0 Å². The van der Waals surface area contributed by atoms with E-state index < -0.39 is 105 Å². The lowest BCUT2D eigenvalue weighted by Gasteiger charge is -2.50. The molecule has 4 aliphatic rings. The van der Waals surface area contributed by atoms with Crippen molar-refractivity contribution in [3.8, 4) is 5.75 Å². The molecule has 8 rings (SSSR count). The van der Waals surface area contributed by atoms with E-state index in [0.717, 1.165) is 10.6 Å². The maximum absolute atomic E-state index is 15.4. The zero-order valence-corrected chi connectivity index (χ0v) is 30.3. The second kappa shape index (κ2) is 13.7. The Kier molecular flexibility index (Phi) is 9.21. The van der Waals surface area contributed by atoms with Crippen LogP contribution in [0.5, 0.6) is 5.75 Å². The number of carbonyl (C=O) groups excluding carboxylic acids is 4. The van der Waals surface area contributed by atoms with Crippen LogP contribution in [0.4, 0.5) is 44.7 Å². The first-order valence-electron chi connectivity index (χ1n) is 17.4. The molecule has 2 N–H and O–H groups in total. The number of para-hydroxylation sites is 2. The van der Waals surface area contributed by atoms with Gasteiger partial charge in [0.2, 0.25) is 17.6 Å². The average molecular weight is 813 g/mol. The highest BCUT2D eigenvalue weighted by Crippen LogP contribution is 2.66. The first kappa shape index (κ1) is 37.6. The van der Waals surface area contributed by atoms with E-state index in [1.54, 1.807) is 36.4 Å². The molecule has 2 saturated heterocycles. The topological polar surface area (TPSA) is 116 Å². The highest BCUT2D eigenvalue weighted by molar-refractivity contribution is 6.58. The number of nitrogens with one attached hydrogen (secondary N) is 1. The number of allylic oxidation sites excluding steroid dienone is 2. The van der Waals surface area contributed by atoms with Crippen molar-refractivity contribution in [1.82, 2.24) is 0 Å². The lowest BCUT2D eigenvalue weighted by molar-refractivity contribution is -0.125. The van der Waals surface area contributed by atoms with Gasteiger partial charge in [0.25, 0.3) is 11.8 Å². The SMILES string of the molecule is O=C1[C@H]2[C@H](CC=C3[C@H]2C[C@@]2(Cl)C(=O)N(c4c(F)c(F)c(F)c(F)c4F)C(=O)[C@@]2(Cl)[C@H]3c2ccccc2OCCO)C(=O)N1c1ccc(Nc2ccccc2)cc1. The van der Waals surface area contributed by atoms with Gasteiger partial charge in [0.15, 0.2) is 33.0 Å². The zero-order valence-electron chi connectivity index (χ0n) is 28.7.